The molecule has 0 saturated carbocycles. The third-order valence-electron chi connectivity index (χ3n) is 4.08. The van der Waals surface area contributed by atoms with E-state index in [4.69, 9.17) is 14.2 Å². The van der Waals surface area contributed by atoms with Crippen molar-refractivity contribution in [1.82, 2.24) is 20.2 Å². The quantitative estimate of drug-likeness (QED) is 0.519. The van der Waals surface area contributed by atoms with E-state index in [1.54, 1.807) is 4.68 Å². The van der Waals surface area contributed by atoms with Crippen LogP contribution in [0.15, 0.2) is 35.5 Å². The molecule has 1 aliphatic rings. The van der Waals surface area contributed by atoms with Crippen molar-refractivity contribution in [2.75, 3.05) is 5.75 Å². The van der Waals surface area contributed by atoms with Gasteiger partial charge in [0.05, 0.1) is 24.3 Å². The number of ether oxygens (including phenoxy) is 3. The zero-order valence-electron chi connectivity index (χ0n) is 17.5. The van der Waals surface area contributed by atoms with Crippen LogP contribution in [0.2, 0.25) is 0 Å². The predicted octanol–water partition coefficient (Wildman–Crippen LogP) is 3.40. The van der Waals surface area contributed by atoms with Crippen molar-refractivity contribution in [1.29, 1.82) is 0 Å². The number of aromatic nitrogens is 4. The topological polar surface area (TPSA) is 88.4 Å². The predicted molar refractivity (Wildman–Crippen MR) is 109 cm³/mol. The number of hydrogen-bond acceptors (Lipinski definition) is 8. The van der Waals surface area contributed by atoms with Crippen molar-refractivity contribution in [3.63, 3.8) is 0 Å². The fourth-order valence-corrected chi connectivity index (χ4v) is 4.08. The molecule has 8 nitrogen and oxygen atoms in total. The maximum absolute atomic E-state index is 12.2. The molecule has 2 aromatic rings. The molecule has 0 amide bonds. The molecule has 1 aromatic carbocycles. The van der Waals surface area contributed by atoms with Crippen molar-refractivity contribution < 1.29 is 19.0 Å². The zero-order chi connectivity index (χ0) is 21.1. The highest BCUT2D eigenvalue weighted by atomic mass is 32.2. The van der Waals surface area contributed by atoms with Crippen molar-refractivity contribution in [2.45, 2.75) is 76.2 Å². The molecule has 0 bridgehead atoms. The number of benzene rings is 1. The number of tetrazole rings is 1. The molecule has 9 heteroatoms. The minimum Gasteiger partial charge on any atom is -0.460 e. The van der Waals surface area contributed by atoms with E-state index in [0.717, 1.165) is 5.69 Å². The second-order valence-corrected chi connectivity index (χ2v) is 9.41. The number of carbonyl (C=O) groups is 1. The fourth-order valence-electron chi connectivity index (χ4n) is 3.18. The lowest BCUT2D eigenvalue weighted by Crippen LogP contribution is -2.46. The first-order valence-corrected chi connectivity index (χ1v) is 10.6. The summed E-state index contributed by atoms with van der Waals surface area (Å²) in [6.45, 7) is 9.29. The van der Waals surface area contributed by atoms with Crippen LogP contribution in [0.5, 0.6) is 0 Å². The smallest absolute Gasteiger partial charge is 0.308 e. The van der Waals surface area contributed by atoms with E-state index < -0.39 is 11.4 Å². The monoisotopic (exact) mass is 420 g/mol. The SMILES string of the molecule is CC(C)(C)OC(=O)C[C@@H]1C[C@@H](CSc2nnnn2-c2ccccc2)OC(C)(C)O1. The van der Waals surface area contributed by atoms with Gasteiger partial charge in [-0.1, -0.05) is 30.0 Å². The Hall–Kier alpha value is -1.97. The van der Waals surface area contributed by atoms with Crippen LogP contribution in [0.3, 0.4) is 0 Å². The largest absolute Gasteiger partial charge is 0.460 e. The van der Waals surface area contributed by atoms with Gasteiger partial charge < -0.3 is 14.2 Å². The minimum atomic E-state index is -0.776. The maximum Gasteiger partial charge on any atom is 0.308 e. The second-order valence-electron chi connectivity index (χ2n) is 8.43. The lowest BCUT2D eigenvalue weighted by atomic mass is 10.1. The summed E-state index contributed by atoms with van der Waals surface area (Å²) >= 11 is 1.52. The molecule has 1 aromatic heterocycles. The number of hydrogen-bond donors (Lipinski definition) is 0. The summed E-state index contributed by atoms with van der Waals surface area (Å²) in [6, 6.07) is 9.73. The molecular formula is C20H28N4O4S. The van der Waals surface area contributed by atoms with Gasteiger partial charge in [-0.25, -0.2) is 0 Å². The van der Waals surface area contributed by atoms with Crippen LogP contribution in [-0.2, 0) is 19.0 Å². The first-order chi connectivity index (χ1) is 13.6. The summed E-state index contributed by atoms with van der Waals surface area (Å²) in [7, 11) is 0. The molecule has 0 unspecified atom stereocenters. The average Bonchev–Trinajstić information content (AvgIpc) is 3.06. The van der Waals surface area contributed by atoms with Crippen LogP contribution in [0.1, 0.15) is 47.5 Å². The summed E-state index contributed by atoms with van der Waals surface area (Å²) in [5.74, 6) is -0.397. The highest BCUT2D eigenvalue weighted by molar-refractivity contribution is 7.99. The number of thioether (sulfide) groups is 1. The highest BCUT2D eigenvalue weighted by Crippen LogP contribution is 2.32. The van der Waals surface area contributed by atoms with Crippen molar-refractivity contribution in [3.05, 3.63) is 30.3 Å². The van der Waals surface area contributed by atoms with Crippen molar-refractivity contribution >= 4 is 17.7 Å². The standard InChI is InChI=1S/C20H28N4O4S/c1-19(2,3)28-17(25)12-15-11-16(27-20(4,5)26-15)13-29-18-21-22-23-24(18)14-9-7-6-8-10-14/h6-10,15-16H,11-13H2,1-5H3/t15-,16-/m0/s1. The van der Waals surface area contributed by atoms with Crippen molar-refractivity contribution in [2.24, 2.45) is 0 Å². The van der Waals surface area contributed by atoms with E-state index in [0.29, 0.717) is 17.3 Å². The molecule has 2 atom stereocenters. The lowest BCUT2D eigenvalue weighted by Gasteiger charge is -2.40. The summed E-state index contributed by atoms with van der Waals surface area (Å²) < 4.78 is 19.1. The number of rotatable bonds is 6. The summed E-state index contributed by atoms with van der Waals surface area (Å²) in [4.78, 5) is 12.2. The van der Waals surface area contributed by atoms with Gasteiger partial charge in [-0.3, -0.25) is 4.79 Å². The highest BCUT2D eigenvalue weighted by Gasteiger charge is 2.37. The second kappa shape index (κ2) is 8.81. The Kier molecular flexibility index (Phi) is 6.60. The molecular weight excluding hydrogens is 392 g/mol. The Bertz CT molecular complexity index is 819. The number of esters is 1. The molecule has 0 radical (unpaired) electrons. The van der Waals surface area contributed by atoms with E-state index in [1.165, 1.54) is 11.8 Å². The molecule has 0 spiro atoms. The van der Waals surface area contributed by atoms with Crippen LogP contribution < -0.4 is 0 Å². The number of nitrogens with zero attached hydrogens (tertiary/aromatic N) is 4. The van der Waals surface area contributed by atoms with Gasteiger partial charge in [-0.15, -0.1) is 5.10 Å². The third kappa shape index (κ3) is 6.52. The molecule has 1 fully saturated rings. The van der Waals surface area contributed by atoms with Gasteiger partial charge in [0.2, 0.25) is 5.16 Å². The normalized spacial score (nSPS) is 21.7. The van der Waals surface area contributed by atoms with Crippen LogP contribution in [0.25, 0.3) is 5.69 Å². The van der Waals surface area contributed by atoms with Crippen LogP contribution in [0, 0.1) is 0 Å². The van der Waals surface area contributed by atoms with Gasteiger partial charge in [-0.05, 0) is 57.2 Å². The van der Waals surface area contributed by atoms with Crippen LogP contribution >= 0.6 is 11.8 Å². The van der Waals surface area contributed by atoms with Gasteiger partial charge in [0.25, 0.3) is 0 Å². The Morgan fingerprint density at radius 2 is 1.93 bits per heavy atom. The molecule has 1 aliphatic heterocycles. The van der Waals surface area contributed by atoms with E-state index in [9.17, 15) is 4.79 Å². The van der Waals surface area contributed by atoms with E-state index >= 15 is 0 Å². The fraction of sp³-hybridized carbons (Fsp3) is 0.600. The molecule has 0 aliphatic carbocycles. The minimum absolute atomic E-state index is 0.0999. The number of para-hydroxylation sites is 1. The van der Waals surface area contributed by atoms with Gasteiger partial charge in [0, 0.05) is 12.2 Å². The molecule has 158 valence electrons. The van der Waals surface area contributed by atoms with Gasteiger partial charge in [0.1, 0.15) is 5.60 Å². The van der Waals surface area contributed by atoms with Gasteiger partial charge in [0.15, 0.2) is 5.79 Å². The summed E-state index contributed by atoms with van der Waals surface area (Å²) in [5.41, 5.74) is 0.387. The molecule has 2 heterocycles. The zero-order valence-corrected chi connectivity index (χ0v) is 18.3. The van der Waals surface area contributed by atoms with Gasteiger partial charge >= 0.3 is 5.97 Å². The Morgan fingerprint density at radius 1 is 1.24 bits per heavy atom. The van der Waals surface area contributed by atoms with Gasteiger partial charge in [-0.2, -0.15) is 4.68 Å². The maximum atomic E-state index is 12.2. The third-order valence-corrected chi connectivity index (χ3v) is 5.13. The van der Waals surface area contributed by atoms with Crippen molar-refractivity contribution in [3.8, 4) is 5.69 Å². The lowest BCUT2D eigenvalue weighted by molar-refractivity contribution is -0.295. The number of carbonyl (C=O) groups excluding carboxylic acids is 1. The van der Waals surface area contributed by atoms with Crippen LogP contribution in [-0.4, -0.2) is 55.5 Å². The summed E-state index contributed by atoms with van der Waals surface area (Å²) in [6.07, 6.45) is 0.441. The van der Waals surface area contributed by atoms with E-state index in [1.807, 2.05) is 65.0 Å². The molecule has 29 heavy (non-hydrogen) atoms. The van der Waals surface area contributed by atoms with E-state index in [2.05, 4.69) is 15.5 Å². The Labute approximate surface area is 175 Å². The first-order valence-electron chi connectivity index (χ1n) is 9.65. The van der Waals surface area contributed by atoms with Crippen LogP contribution in [0.4, 0.5) is 0 Å². The average molecular weight is 421 g/mol. The molecule has 0 N–H and O–H groups in total. The summed E-state index contributed by atoms with van der Waals surface area (Å²) in [5, 5.41) is 12.7. The Balaban J connectivity index is 1.61. The molecule has 1 saturated heterocycles. The molecule has 3 rings (SSSR count). The Morgan fingerprint density at radius 3 is 2.62 bits per heavy atom. The van der Waals surface area contributed by atoms with E-state index in [-0.39, 0.29) is 24.6 Å². The first kappa shape index (κ1) is 21.7.